The van der Waals surface area contributed by atoms with Crippen molar-refractivity contribution in [1.82, 2.24) is 5.32 Å². The molecule has 5 nitrogen and oxygen atoms in total. The highest BCUT2D eigenvalue weighted by atomic mass is 31.2. The van der Waals surface area contributed by atoms with Crippen molar-refractivity contribution >= 4 is 13.5 Å². The maximum absolute atomic E-state index is 10.3. The highest BCUT2D eigenvalue weighted by Gasteiger charge is 2.23. The van der Waals surface area contributed by atoms with Gasteiger partial charge in [0.1, 0.15) is 5.78 Å². The van der Waals surface area contributed by atoms with Gasteiger partial charge in [0.2, 0.25) is 5.91 Å². The summed E-state index contributed by atoms with van der Waals surface area (Å²) in [6.07, 6.45) is 0. The molecule has 0 bridgehead atoms. The first-order valence-corrected chi connectivity index (χ1v) is 4.34. The summed E-state index contributed by atoms with van der Waals surface area (Å²) >= 11 is 0. The molecule has 60 valence electrons. The third kappa shape index (κ3) is 3.61. The van der Waals surface area contributed by atoms with Gasteiger partial charge >= 0.3 is 7.60 Å². The summed E-state index contributed by atoms with van der Waals surface area (Å²) in [7, 11) is -4.14. The number of amides is 1. The molecule has 1 atom stereocenters. The van der Waals surface area contributed by atoms with E-state index in [4.69, 9.17) is 9.79 Å². The smallest absolute Gasteiger partial charge is 0.342 e. The quantitative estimate of drug-likeness (QED) is 0.490. The van der Waals surface area contributed by atoms with Gasteiger partial charge in [-0.3, -0.25) is 9.36 Å². The van der Waals surface area contributed by atoms with Crippen molar-refractivity contribution in [2.24, 2.45) is 0 Å². The van der Waals surface area contributed by atoms with Crippen molar-refractivity contribution < 1.29 is 19.1 Å². The van der Waals surface area contributed by atoms with Crippen LogP contribution in [-0.4, -0.2) is 21.5 Å². The summed E-state index contributed by atoms with van der Waals surface area (Å²) in [5.74, 6) is -1.54. The van der Waals surface area contributed by atoms with Crippen molar-refractivity contribution in [1.29, 1.82) is 0 Å². The Morgan fingerprint density at radius 3 is 2.10 bits per heavy atom. The highest BCUT2D eigenvalue weighted by molar-refractivity contribution is 7.52. The van der Waals surface area contributed by atoms with Crippen LogP contribution in [0.3, 0.4) is 0 Å². The van der Waals surface area contributed by atoms with Crippen LogP contribution in [-0.2, 0) is 9.36 Å². The second kappa shape index (κ2) is 3.14. The summed E-state index contributed by atoms with van der Waals surface area (Å²) in [6.45, 7) is 2.45. The molecule has 1 unspecified atom stereocenters. The predicted molar refractivity (Wildman–Crippen MR) is 35.3 cm³/mol. The maximum Gasteiger partial charge on any atom is 0.347 e. The zero-order valence-corrected chi connectivity index (χ0v) is 6.63. The minimum atomic E-state index is -4.14. The molecular weight excluding hydrogens is 157 g/mol. The molecule has 6 heteroatoms. The molecule has 10 heavy (non-hydrogen) atoms. The number of carbonyl (C=O) groups excluding carboxylic acids is 1. The van der Waals surface area contributed by atoms with Crippen LogP contribution in [0.25, 0.3) is 0 Å². The van der Waals surface area contributed by atoms with Crippen LogP contribution in [0.1, 0.15) is 13.8 Å². The topological polar surface area (TPSA) is 86.6 Å². The lowest BCUT2D eigenvalue weighted by molar-refractivity contribution is -0.119. The molecule has 0 rings (SSSR count). The van der Waals surface area contributed by atoms with Gasteiger partial charge in [-0.1, -0.05) is 0 Å². The average Bonchev–Trinajstić information content (AvgIpc) is 1.60. The van der Waals surface area contributed by atoms with Crippen LogP contribution < -0.4 is 5.32 Å². The summed E-state index contributed by atoms with van der Waals surface area (Å²) in [5.41, 5.74) is 0. The van der Waals surface area contributed by atoms with Crippen LogP contribution in [0.2, 0.25) is 0 Å². The Hall–Kier alpha value is -0.380. The lowest BCUT2D eigenvalue weighted by atomic mass is 10.6. The van der Waals surface area contributed by atoms with Gasteiger partial charge in [-0.25, -0.2) is 0 Å². The molecule has 0 aromatic heterocycles. The Kier molecular flexibility index (Phi) is 3.02. The van der Waals surface area contributed by atoms with E-state index in [2.05, 4.69) is 5.32 Å². The summed E-state index contributed by atoms with van der Waals surface area (Å²) in [6, 6.07) is 0. The molecular formula is C4H10NO4P. The molecule has 0 fully saturated rings. The highest BCUT2D eigenvalue weighted by Crippen LogP contribution is 2.38. The van der Waals surface area contributed by atoms with E-state index in [-0.39, 0.29) is 0 Å². The number of nitrogens with one attached hydrogen (secondary N) is 1. The van der Waals surface area contributed by atoms with Crippen molar-refractivity contribution in [3.05, 3.63) is 0 Å². The van der Waals surface area contributed by atoms with Crippen molar-refractivity contribution in [2.45, 2.75) is 19.6 Å². The molecule has 0 aromatic carbocycles. The number of rotatable bonds is 2. The lowest BCUT2D eigenvalue weighted by Crippen LogP contribution is -2.30. The van der Waals surface area contributed by atoms with Gasteiger partial charge in [0.25, 0.3) is 0 Å². The van der Waals surface area contributed by atoms with E-state index in [0.717, 1.165) is 0 Å². The molecule has 0 aliphatic carbocycles. The zero-order valence-electron chi connectivity index (χ0n) is 5.74. The van der Waals surface area contributed by atoms with E-state index in [1.54, 1.807) is 0 Å². The number of hydrogen-bond acceptors (Lipinski definition) is 2. The fraction of sp³-hybridized carbons (Fsp3) is 0.750. The van der Waals surface area contributed by atoms with E-state index in [9.17, 15) is 9.36 Å². The van der Waals surface area contributed by atoms with Crippen LogP contribution >= 0.6 is 7.60 Å². The maximum atomic E-state index is 10.3. The molecule has 0 aliphatic rings. The second-order valence-corrected chi connectivity index (χ2v) is 3.92. The molecule has 0 spiro atoms. The Bertz CT molecular complexity index is 174. The molecule has 0 heterocycles. The SMILES string of the molecule is CC(=O)NC(C)P(=O)(O)O. The van der Waals surface area contributed by atoms with Gasteiger partial charge in [-0.2, -0.15) is 0 Å². The third-order valence-electron chi connectivity index (χ3n) is 0.917. The van der Waals surface area contributed by atoms with Crippen LogP contribution in [0.4, 0.5) is 0 Å². The fourth-order valence-electron chi connectivity index (χ4n) is 0.378. The van der Waals surface area contributed by atoms with Crippen LogP contribution in [0.15, 0.2) is 0 Å². The molecule has 0 aliphatic heterocycles. The first-order valence-electron chi connectivity index (χ1n) is 2.66. The second-order valence-electron chi connectivity index (χ2n) is 1.97. The predicted octanol–water partition coefficient (Wildman–Crippen LogP) is -0.354. The van der Waals surface area contributed by atoms with E-state index in [0.29, 0.717) is 0 Å². The monoisotopic (exact) mass is 167 g/mol. The molecule has 0 saturated heterocycles. The van der Waals surface area contributed by atoms with E-state index in [1.807, 2.05) is 0 Å². The lowest BCUT2D eigenvalue weighted by Gasteiger charge is -2.12. The largest absolute Gasteiger partial charge is 0.347 e. The van der Waals surface area contributed by atoms with Gasteiger partial charge in [-0.15, -0.1) is 0 Å². The fourth-order valence-corrected chi connectivity index (χ4v) is 0.728. The molecule has 0 aromatic rings. The summed E-state index contributed by atoms with van der Waals surface area (Å²) < 4.78 is 10.3. The first kappa shape index (κ1) is 9.62. The first-order chi connectivity index (χ1) is 4.34. The minimum absolute atomic E-state index is 0.448. The van der Waals surface area contributed by atoms with Gasteiger partial charge in [0, 0.05) is 6.92 Å². The van der Waals surface area contributed by atoms with E-state index < -0.39 is 19.3 Å². The molecule has 0 saturated carbocycles. The minimum Gasteiger partial charge on any atom is -0.342 e. The standard InChI is InChI=1S/C4H10NO4P/c1-3(6)5-4(2)10(7,8)9/h4H,1-2H3,(H,5,6)(H2,7,8,9). The van der Waals surface area contributed by atoms with Gasteiger partial charge in [-0.05, 0) is 6.92 Å². The van der Waals surface area contributed by atoms with Crippen molar-refractivity contribution in [3.8, 4) is 0 Å². The summed E-state index contributed by atoms with van der Waals surface area (Å²) in [4.78, 5) is 27.1. The van der Waals surface area contributed by atoms with E-state index in [1.165, 1.54) is 13.8 Å². The van der Waals surface area contributed by atoms with Crippen molar-refractivity contribution in [3.63, 3.8) is 0 Å². The molecule has 0 radical (unpaired) electrons. The van der Waals surface area contributed by atoms with Gasteiger partial charge in [0.05, 0.1) is 0 Å². The Labute approximate surface area is 58.6 Å². The van der Waals surface area contributed by atoms with Gasteiger partial charge < -0.3 is 15.1 Å². The number of hydrogen-bond donors (Lipinski definition) is 3. The Morgan fingerprint density at radius 1 is 1.60 bits per heavy atom. The molecule has 3 N–H and O–H groups in total. The normalized spacial score (nSPS) is 14.4. The van der Waals surface area contributed by atoms with Crippen molar-refractivity contribution in [2.75, 3.05) is 0 Å². The zero-order chi connectivity index (χ0) is 8.36. The van der Waals surface area contributed by atoms with Gasteiger partial charge in [0.15, 0.2) is 0 Å². The van der Waals surface area contributed by atoms with E-state index >= 15 is 0 Å². The van der Waals surface area contributed by atoms with Crippen LogP contribution in [0, 0.1) is 0 Å². The van der Waals surface area contributed by atoms with Crippen LogP contribution in [0.5, 0.6) is 0 Å². The Morgan fingerprint density at radius 2 is 2.00 bits per heavy atom. The third-order valence-corrected chi connectivity index (χ3v) is 2.05. The molecule has 1 amide bonds. The summed E-state index contributed by atoms with van der Waals surface area (Å²) in [5, 5.41) is 2.08. The number of carbonyl (C=O) groups is 1. The average molecular weight is 167 g/mol. The Balaban J connectivity index is 3.98.